The van der Waals surface area contributed by atoms with E-state index in [4.69, 9.17) is 0 Å². The Balaban J connectivity index is 2.96. The van der Waals surface area contributed by atoms with Crippen LogP contribution in [-0.4, -0.2) is 28.7 Å². The normalized spacial score (nSPS) is 28.8. The fraction of sp³-hybridized carbons (Fsp3) is 0.500. The molecule has 5 heteroatoms. The van der Waals surface area contributed by atoms with E-state index in [2.05, 4.69) is 23.8 Å². The number of hydrogen-bond donors (Lipinski definition) is 4. The molecule has 0 aromatic carbocycles. The third kappa shape index (κ3) is 2.03. The topological polar surface area (TPSA) is 81.6 Å². The predicted molar refractivity (Wildman–Crippen MR) is 55.7 cm³/mol. The predicted octanol–water partition coefficient (Wildman–Crippen LogP) is 0.0746. The number of nitrogens with one attached hydrogen (secondary N) is 2. The largest absolute Gasteiger partial charge is 0.373 e. The van der Waals surface area contributed by atoms with Crippen LogP contribution in [0.4, 0.5) is 4.79 Å². The lowest BCUT2D eigenvalue weighted by Crippen LogP contribution is -2.66. The van der Waals surface area contributed by atoms with Gasteiger partial charge >= 0.3 is 6.03 Å². The number of carbonyl (C=O) groups excluding carboxylic acids is 1. The van der Waals surface area contributed by atoms with E-state index in [-0.39, 0.29) is 0 Å². The number of allylic oxidation sites excluding steroid dienone is 2. The molecule has 1 rings (SSSR count). The molecular formula is C10H16N2O3. The summed E-state index contributed by atoms with van der Waals surface area (Å²) in [5.41, 5.74) is -0.891. The molecule has 1 saturated heterocycles. The Morgan fingerprint density at radius 1 is 1.20 bits per heavy atom. The van der Waals surface area contributed by atoms with Crippen molar-refractivity contribution in [3.8, 4) is 0 Å². The van der Waals surface area contributed by atoms with E-state index in [9.17, 15) is 15.0 Å². The van der Waals surface area contributed by atoms with Crippen molar-refractivity contribution < 1.29 is 15.0 Å². The zero-order valence-corrected chi connectivity index (χ0v) is 8.44. The third-order valence-corrected chi connectivity index (χ3v) is 2.67. The van der Waals surface area contributed by atoms with E-state index in [0.717, 1.165) is 0 Å². The fourth-order valence-corrected chi connectivity index (χ4v) is 1.79. The number of aliphatic hydroxyl groups excluding tert-OH is 2. The second-order valence-electron chi connectivity index (χ2n) is 3.64. The van der Waals surface area contributed by atoms with Gasteiger partial charge in [-0.3, -0.25) is 0 Å². The summed E-state index contributed by atoms with van der Waals surface area (Å²) in [4.78, 5) is 11.0. The van der Waals surface area contributed by atoms with Crippen molar-refractivity contribution in [2.45, 2.75) is 25.3 Å². The standard InChI is InChI=1S/C10H16N2O3/c1-3-5-10(6-4-2)7(13)11-9(15)12-8(10)14/h3-4,7-8,13-14H,1-2,5-6H2,(H2,11,12,15)/t7-,8-/m0/s1. The third-order valence-electron chi connectivity index (χ3n) is 2.67. The average Bonchev–Trinajstić information content (AvgIpc) is 2.14. The molecule has 1 aliphatic rings. The molecule has 0 unspecified atom stereocenters. The van der Waals surface area contributed by atoms with Crippen LogP contribution in [0.1, 0.15) is 12.8 Å². The van der Waals surface area contributed by atoms with Crippen molar-refractivity contribution in [2.24, 2.45) is 5.41 Å². The van der Waals surface area contributed by atoms with Gasteiger partial charge in [-0.25, -0.2) is 4.79 Å². The molecule has 1 aliphatic heterocycles. The zero-order valence-electron chi connectivity index (χ0n) is 8.44. The minimum atomic E-state index is -1.11. The Morgan fingerprint density at radius 2 is 1.60 bits per heavy atom. The van der Waals surface area contributed by atoms with Crippen molar-refractivity contribution in [3.63, 3.8) is 0 Å². The molecule has 2 amide bonds. The Kier molecular flexibility index (Phi) is 3.49. The summed E-state index contributed by atoms with van der Waals surface area (Å²) in [6.45, 7) is 7.15. The lowest BCUT2D eigenvalue weighted by atomic mass is 9.76. The summed E-state index contributed by atoms with van der Waals surface area (Å²) in [7, 11) is 0. The Labute approximate surface area is 88.5 Å². The number of urea groups is 1. The summed E-state index contributed by atoms with van der Waals surface area (Å²) in [5, 5.41) is 24.2. The van der Waals surface area contributed by atoms with E-state index in [1.807, 2.05) is 0 Å². The summed E-state index contributed by atoms with van der Waals surface area (Å²) in [6.07, 6.45) is 1.70. The van der Waals surface area contributed by atoms with Crippen molar-refractivity contribution in [1.29, 1.82) is 0 Å². The molecule has 0 bridgehead atoms. The number of rotatable bonds is 4. The van der Waals surface area contributed by atoms with Crippen LogP contribution in [-0.2, 0) is 0 Å². The van der Waals surface area contributed by atoms with Crippen LogP contribution in [0.3, 0.4) is 0 Å². The van der Waals surface area contributed by atoms with E-state index in [1.165, 1.54) is 0 Å². The molecule has 15 heavy (non-hydrogen) atoms. The first-order valence-corrected chi connectivity index (χ1v) is 4.72. The van der Waals surface area contributed by atoms with Crippen LogP contribution >= 0.6 is 0 Å². The monoisotopic (exact) mass is 212 g/mol. The van der Waals surface area contributed by atoms with Crippen molar-refractivity contribution in [1.82, 2.24) is 10.6 Å². The molecule has 0 aliphatic carbocycles. The van der Waals surface area contributed by atoms with Crippen molar-refractivity contribution in [2.75, 3.05) is 0 Å². The van der Waals surface area contributed by atoms with Gasteiger partial charge in [-0.05, 0) is 12.8 Å². The molecule has 0 spiro atoms. The minimum Gasteiger partial charge on any atom is -0.373 e. The summed E-state index contributed by atoms with van der Waals surface area (Å²) in [5.74, 6) is 0. The molecule has 2 atom stereocenters. The van der Waals surface area contributed by atoms with Gasteiger partial charge < -0.3 is 20.8 Å². The van der Waals surface area contributed by atoms with Crippen LogP contribution in [0.5, 0.6) is 0 Å². The van der Waals surface area contributed by atoms with E-state index in [1.54, 1.807) is 12.2 Å². The van der Waals surface area contributed by atoms with Crippen LogP contribution < -0.4 is 10.6 Å². The first-order valence-electron chi connectivity index (χ1n) is 4.72. The molecule has 84 valence electrons. The van der Waals surface area contributed by atoms with Crippen LogP contribution in [0.15, 0.2) is 25.3 Å². The van der Waals surface area contributed by atoms with E-state index < -0.39 is 23.9 Å². The molecular weight excluding hydrogens is 196 g/mol. The summed E-state index contributed by atoms with van der Waals surface area (Å²) < 4.78 is 0. The molecule has 0 aromatic rings. The minimum absolute atomic E-state index is 0.370. The van der Waals surface area contributed by atoms with Gasteiger partial charge in [0.25, 0.3) is 0 Å². The molecule has 1 heterocycles. The SMILES string of the molecule is C=CCC1(CC=C)[C@H](O)NC(=O)N[C@H]1O. The van der Waals surface area contributed by atoms with Crippen LogP contribution in [0.25, 0.3) is 0 Å². The Morgan fingerprint density at radius 3 is 1.93 bits per heavy atom. The average molecular weight is 212 g/mol. The van der Waals surface area contributed by atoms with Gasteiger partial charge in [0.2, 0.25) is 0 Å². The number of aliphatic hydroxyl groups is 2. The zero-order chi connectivity index (χ0) is 11.5. The smallest absolute Gasteiger partial charge is 0.318 e. The van der Waals surface area contributed by atoms with Crippen LogP contribution in [0, 0.1) is 5.41 Å². The molecule has 1 fully saturated rings. The van der Waals surface area contributed by atoms with Gasteiger partial charge in [0.05, 0.1) is 5.41 Å². The molecule has 0 aromatic heterocycles. The van der Waals surface area contributed by atoms with Gasteiger partial charge in [-0.1, -0.05) is 12.2 Å². The number of amides is 2. The fourth-order valence-electron chi connectivity index (χ4n) is 1.79. The lowest BCUT2D eigenvalue weighted by Gasteiger charge is -2.44. The maximum Gasteiger partial charge on any atom is 0.318 e. The highest BCUT2D eigenvalue weighted by Gasteiger charge is 2.47. The Hall–Kier alpha value is -1.33. The van der Waals surface area contributed by atoms with Gasteiger partial charge in [-0.15, -0.1) is 13.2 Å². The number of hydrogen-bond acceptors (Lipinski definition) is 3. The molecule has 0 radical (unpaired) electrons. The highest BCUT2D eigenvalue weighted by molar-refractivity contribution is 5.75. The molecule has 4 N–H and O–H groups in total. The summed E-state index contributed by atoms with van der Waals surface area (Å²) >= 11 is 0. The second-order valence-corrected chi connectivity index (χ2v) is 3.64. The van der Waals surface area contributed by atoms with Gasteiger partial charge in [0.15, 0.2) is 0 Å². The second kappa shape index (κ2) is 4.46. The molecule has 0 saturated carbocycles. The highest BCUT2D eigenvalue weighted by atomic mass is 16.3. The maximum absolute atomic E-state index is 11.0. The van der Waals surface area contributed by atoms with Gasteiger partial charge in [0, 0.05) is 0 Å². The maximum atomic E-state index is 11.0. The Bertz CT molecular complexity index is 252. The van der Waals surface area contributed by atoms with Crippen LogP contribution in [0.2, 0.25) is 0 Å². The van der Waals surface area contributed by atoms with E-state index >= 15 is 0 Å². The quantitative estimate of drug-likeness (QED) is 0.498. The van der Waals surface area contributed by atoms with Gasteiger partial charge in [-0.2, -0.15) is 0 Å². The van der Waals surface area contributed by atoms with Crippen molar-refractivity contribution in [3.05, 3.63) is 25.3 Å². The van der Waals surface area contributed by atoms with Gasteiger partial charge in [0.1, 0.15) is 12.5 Å². The summed E-state index contributed by atoms with van der Waals surface area (Å²) in [6, 6.07) is -0.584. The number of carbonyl (C=O) groups is 1. The van der Waals surface area contributed by atoms with Crippen molar-refractivity contribution >= 4 is 6.03 Å². The first-order chi connectivity index (χ1) is 7.06. The van der Waals surface area contributed by atoms with E-state index in [0.29, 0.717) is 12.8 Å². The first kappa shape index (κ1) is 11.7. The lowest BCUT2D eigenvalue weighted by molar-refractivity contribution is -0.101. The molecule has 5 nitrogen and oxygen atoms in total. The highest BCUT2D eigenvalue weighted by Crippen LogP contribution is 2.35.